The van der Waals surface area contributed by atoms with Gasteiger partial charge in [-0.25, -0.2) is 0 Å². The second kappa shape index (κ2) is 4.53. The van der Waals surface area contributed by atoms with Crippen LogP contribution < -0.4 is 5.32 Å². The highest BCUT2D eigenvalue weighted by Gasteiger charge is 2.46. The summed E-state index contributed by atoms with van der Waals surface area (Å²) in [4.78, 5) is 25.4. The van der Waals surface area contributed by atoms with Crippen molar-refractivity contribution in [3.05, 3.63) is 27.8 Å². The lowest BCUT2D eigenvalue weighted by Crippen LogP contribution is -2.36. The monoisotopic (exact) mass is 356 g/mol. The lowest BCUT2D eigenvalue weighted by molar-refractivity contribution is -0.139. The number of anilines is 1. The Morgan fingerprint density at radius 1 is 1.22 bits per heavy atom. The maximum absolute atomic E-state index is 12.2. The highest BCUT2D eigenvalue weighted by Crippen LogP contribution is 2.32. The van der Waals surface area contributed by atoms with Gasteiger partial charge in [0.15, 0.2) is 0 Å². The molecule has 0 aromatic heterocycles. The Kier molecular flexibility index (Phi) is 3.01. The van der Waals surface area contributed by atoms with Crippen LogP contribution >= 0.6 is 22.6 Å². The molecule has 1 aromatic carbocycles. The van der Waals surface area contributed by atoms with Gasteiger partial charge in [0, 0.05) is 15.3 Å². The minimum absolute atomic E-state index is 0.0362. The molecule has 0 radical (unpaired) electrons. The first-order valence-electron chi connectivity index (χ1n) is 6.04. The Bertz CT molecular complexity index is 513. The third-order valence-electron chi connectivity index (χ3n) is 3.30. The Hall–Kier alpha value is -1.11. The minimum Gasteiger partial charge on any atom is -0.372 e. The van der Waals surface area contributed by atoms with Gasteiger partial charge in [-0.3, -0.25) is 14.5 Å². The van der Waals surface area contributed by atoms with Crippen LogP contribution in [-0.2, 0) is 9.59 Å². The summed E-state index contributed by atoms with van der Waals surface area (Å²) in [6, 6.07) is 7.55. The number of benzene rings is 1. The highest BCUT2D eigenvalue weighted by molar-refractivity contribution is 14.1. The van der Waals surface area contributed by atoms with Gasteiger partial charge in [0.2, 0.25) is 5.91 Å². The SMILES string of the molecule is O=C1CC(Nc2ccccc2I)C(=O)N1C1CC1. The van der Waals surface area contributed by atoms with Crippen molar-refractivity contribution >= 4 is 40.1 Å². The average Bonchev–Trinajstić information content (AvgIpc) is 3.11. The number of nitrogens with zero attached hydrogens (tertiary/aromatic N) is 1. The molecule has 0 spiro atoms. The van der Waals surface area contributed by atoms with Crippen LogP contribution in [0.3, 0.4) is 0 Å². The normalized spacial score (nSPS) is 23.6. The standard InChI is InChI=1S/C13H13IN2O2/c14-9-3-1-2-4-10(9)15-11-7-12(17)16(13(11)18)8-5-6-8/h1-4,8,11,15H,5-7H2. The van der Waals surface area contributed by atoms with E-state index in [4.69, 9.17) is 0 Å². The summed E-state index contributed by atoms with van der Waals surface area (Å²) < 4.78 is 1.06. The first-order chi connectivity index (χ1) is 8.66. The number of carbonyl (C=O) groups is 2. The molecule has 3 rings (SSSR count). The molecule has 1 aliphatic heterocycles. The lowest BCUT2D eigenvalue weighted by atomic mass is 10.2. The average molecular weight is 356 g/mol. The van der Waals surface area contributed by atoms with Crippen molar-refractivity contribution in [2.45, 2.75) is 31.3 Å². The van der Waals surface area contributed by atoms with Gasteiger partial charge in [-0.15, -0.1) is 0 Å². The molecule has 2 amide bonds. The van der Waals surface area contributed by atoms with Crippen molar-refractivity contribution < 1.29 is 9.59 Å². The van der Waals surface area contributed by atoms with E-state index in [1.54, 1.807) is 0 Å². The number of nitrogens with one attached hydrogen (secondary N) is 1. The summed E-state index contributed by atoms with van der Waals surface area (Å²) in [7, 11) is 0. The number of imide groups is 1. The zero-order chi connectivity index (χ0) is 12.7. The van der Waals surface area contributed by atoms with Crippen LogP contribution in [0.1, 0.15) is 19.3 Å². The molecular weight excluding hydrogens is 343 g/mol. The third kappa shape index (κ3) is 2.11. The van der Waals surface area contributed by atoms with Gasteiger partial charge in [0.1, 0.15) is 6.04 Å². The Morgan fingerprint density at radius 3 is 2.61 bits per heavy atom. The van der Waals surface area contributed by atoms with E-state index in [1.807, 2.05) is 24.3 Å². The molecule has 0 bridgehead atoms. The van der Waals surface area contributed by atoms with E-state index in [-0.39, 0.29) is 24.3 Å². The molecule has 2 aliphatic rings. The molecule has 1 N–H and O–H groups in total. The molecule has 2 fully saturated rings. The molecule has 4 nitrogen and oxygen atoms in total. The van der Waals surface area contributed by atoms with Crippen molar-refractivity contribution in [2.75, 3.05) is 5.32 Å². The molecular formula is C13H13IN2O2. The van der Waals surface area contributed by atoms with Gasteiger partial charge >= 0.3 is 0 Å². The summed E-state index contributed by atoms with van der Waals surface area (Å²) in [5, 5.41) is 3.18. The summed E-state index contributed by atoms with van der Waals surface area (Å²) in [6.45, 7) is 0. The number of para-hydroxylation sites is 1. The van der Waals surface area contributed by atoms with Crippen LogP contribution in [0.5, 0.6) is 0 Å². The first kappa shape index (κ1) is 12.0. The quantitative estimate of drug-likeness (QED) is 0.666. The number of rotatable bonds is 3. The topological polar surface area (TPSA) is 49.4 Å². The van der Waals surface area contributed by atoms with E-state index in [2.05, 4.69) is 27.9 Å². The lowest BCUT2D eigenvalue weighted by Gasteiger charge is -2.15. The molecule has 5 heteroatoms. The summed E-state index contributed by atoms with van der Waals surface area (Å²) in [5.74, 6) is -0.104. The van der Waals surface area contributed by atoms with Crippen molar-refractivity contribution in [3.8, 4) is 0 Å². The number of hydrogen-bond acceptors (Lipinski definition) is 3. The maximum Gasteiger partial charge on any atom is 0.252 e. The van der Waals surface area contributed by atoms with E-state index in [0.29, 0.717) is 0 Å². The van der Waals surface area contributed by atoms with Crippen LogP contribution in [0.25, 0.3) is 0 Å². The summed E-state index contributed by atoms with van der Waals surface area (Å²) in [6.07, 6.45) is 2.21. The van der Waals surface area contributed by atoms with Crippen LogP contribution in [0, 0.1) is 3.57 Å². The predicted molar refractivity (Wildman–Crippen MR) is 76.1 cm³/mol. The highest BCUT2D eigenvalue weighted by atomic mass is 127. The molecule has 1 saturated carbocycles. The fourth-order valence-electron chi connectivity index (χ4n) is 2.25. The second-order valence-corrected chi connectivity index (χ2v) is 5.88. The van der Waals surface area contributed by atoms with Crippen molar-refractivity contribution in [1.29, 1.82) is 0 Å². The number of carbonyl (C=O) groups excluding carboxylic acids is 2. The molecule has 1 saturated heterocycles. The number of amides is 2. The maximum atomic E-state index is 12.2. The fraction of sp³-hybridized carbons (Fsp3) is 0.385. The molecule has 1 unspecified atom stereocenters. The first-order valence-corrected chi connectivity index (χ1v) is 7.11. The predicted octanol–water partition coefficient (Wildman–Crippen LogP) is 1.99. The van der Waals surface area contributed by atoms with E-state index < -0.39 is 6.04 Å². The second-order valence-electron chi connectivity index (χ2n) is 4.71. The van der Waals surface area contributed by atoms with Gasteiger partial charge in [-0.05, 0) is 47.6 Å². The van der Waals surface area contributed by atoms with Crippen molar-refractivity contribution in [1.82, 2.24) is 4.90 Å². The van der Waals surface area contributed by atoms with E-state index >= 15 is 0 Å². The molecule has 1 aromatic rings. The fourth-order valence-corrected chi connectivity index (χ4v) is 2.79. The van der Waals surface area contributed by atoms with Crippen molar-refractivity contribution in [2.24, 2.45) is 0 Å². The van der Waals surface area contributed by atoms with E-state index in [1.165, 1.54) is 4.90 Å². The molecule has 1 heterocycles. The number of halogens is 1. The van der Waals surface area contributed by atoms with Gasteiger partial charge in [-0.2, -0.15) is 0 Å². The van der Waals surface area contributed by atoms with Crippen LogP contribution in [0.15, 0.2) is 24.3 Å². The van der Waals surface area contributed by atoms with Gasteiger partial charge in [-0.1, -0.05) is 12.1 Å². The van der Waals surface area contributed by atoms with Gasteiger partial charge in [0.25, 0.3) is 5.91 Å². The molecule has 1 atom stereocenters. The van der Waals surface area contributed by atoms with Crippen LogP contribution in [-0.4, -0.2) is 28.8 Å². The Balaban J connectivity index is 1.76. The number of likely N-dealkylation sites (tertiary alicyclic amines) is 1. The van der Waals surface area contributed by atoms with Crippen LogP contribution in [0.2, 0.25) is 0 Å². The third-order valence-corrected chi connectivity index (χ3v) is 4.24. The number of hydrogen-bond donors (Lipinski definition) is 1. The van der Waals surface area contributed by atoms with Gasteiger partial charge < -0.3 is 5.32 Å². The molecule has 1 aliphatic carbocycles. The molecule has 94 valence electrons. The summed E-state index contributed by atoms with van der Waals surface area (Å²) >= 11 is 2.22. The van der Waals surface area contributed by atoms with E-state index in [9.17, 15) is 9.59 Å². The smallest absolute Gasteiger partial charge is 0.252 e. The summed E-state index contributed by atoms with van der Waals surface area (Å²) in [5.41, 5.74) is 0.918. The Labute approximate surface area is 119 Å². The van der Waals surface area contributed by atoms with E-state index in [0.717, 1.165) is 22.1 Å². The Morgan fingerprint density at radius 2 is 1.94 bits per heavy atom. The zero-order valence-electron chi connectivity index (χ0n) is 9.73. The minimum atomic E-state index is -0.394. The zero-order valence-corrected chi connectivity index (χ0v) is 11.9. The van der Waals surface area contributed by atoms with Gasteiger partial charge in [0.05, 0.1) is 6.42 Å². The van der Waals surface area contributed by atoms with Crippen molar-refractivity contribution in [3.63, 3.8) is 0 Å². The molecule has 18 heavy (non-hydrogen) atoms. The van der Waals surface area contributed by atoms with Crippen LogP contribution in [0.4, 0.5) is 5.69 Å². The largest absolute Gasteiger partial charge is 0.372 e.